The van der Waals surface area contributed by atoms with Crippen LogP contribution < -0.4 is 0 Å². The molecule has 0 fully saturated rings. The van der Waals surface area contributed by atoms with E-state index in [1.54, 1.807) is 6.07 Å². The third-order valence-corrected chi connectivity index (χ3v) is 3.07. The lowest BCUT2D eigenvalue weighted by atomic mass is 9.98. The summed E-state index contributed by atoms with van der Waals surface area (Å²) < 4.78 is 4.70. The number of ether oxygens (including phenoxy) is 1. The van der Waals surface area contributed by atoms with Crippen molar-refractivity contribution in [1.82, 2.24) is 0 Å². The molecule has 0 bridgehead atoms. The number of methoxy groups -OCH3 is 1. The first kappa shape index (κ1) is 10.2. The van der Waals surface area contributed by atoms with Crippen molar-refractivity contribution in [2.75, 3.05) is 7.11 Å². The number of aliphatic hydroxyl groups is 1. The summed E-state index contributed by atoms with van der Waals surface area (Å²) in [5.41, 5.74) is 3.60. The molecule has 0 saturated heterocycles. The lowest BCUT2D eigenvalue weighted by Crippen LogP contribution is -2.06. The van der Waals surface area contributed by atoms with Gasteiger partial charge in [-0.05, 0) is 42.5 Å². The van der Waals surface area contributed by atoms with Gasteiger partial charge in [-0.25, -0.2) is 4.79 Å². The molecule has 0 spiro atoms. The third kappa shape index (κ3) is 1.53. The van der Waals surface area contributed by atoms with E-state index in [9.17, 15) is 9.90 Å². The highest BCUT2D eigenvalue weighted by Gasteiger charge is 2.24. The Morgan fingerprint density at radius 3 is 2.93 bits per heavy atom. The van der Waals surface area contributed by atoms with E-state index in [-0.39, 0.29) is 12.1 Å². The average Bonchev–Trinajstić information content (AvgIpc) is 2.61. The molecule has 3 nitrogen and oxygen atoms in total. The monoisotopic (exact) mass is 206 g/mol. The van der Waals surface area contributed by atoms with Gasteiger partial charge in [0.15, 0.2) is 0 Å². The Labute approximate surface area is 88.7 Å². The minimum Gasteiger partial charge on any atom is -0.465 e. The predicted octanol–water partition coefficient (Wildman–Crippen LogP) is 1.76. The number of aliphatic hydroxyl groups excluding tert-OH is 1. The molecule has 80 valence electrons. The molecule has 0 aliphatic heterocycles. The topological polar surface area (TPSA) is 46.5 Å². The summed E-state index contributed by atoms with van der Waals surface area (Å²) in [5, 5.41) is 9.68. The Morgan fingerprint density at radius 2 is 2.27 bits per heavy atom. The first-order valence-electron chi connectivity index (χ1n) is 5.04. The van der Waals surface area contributed by atoms with E-state index >= 15 is 0 Å². The van der Waals surface area contributed by atoms with Gasteiger partial charge in [-0.15, -0.1) is 0 Å². The fourth-order valence-electron chi connectivity index (χ4n) is 2.19. The van der Waals surface area contributed by atoms with E-state index in [1.165, 1.54) is 7.11 Å². The molecular formula is C12H14O3. The fraction of sp³-hybridized carbons (Fsp3) is 0.417. The summed E-state index contributed by atoms with van der Waals surface area (Å²) in [7, 11) is 1.38. The number of carbonyl (C=O) groups is 1. The van der Waals surface area contributed by atoms with Crippen molar-refractivity contribution < 1.29 is 14.6 Å². The molecule has 0 amide bonds. The molecule has 0 saturated carbocycles. The normalized spacial score (nSPS) is 18.7. The number of benzene rings is 1. The van der Waals surface area contributed by atoms with Crippen LogP contribution in [0.3, 0.4) is 0 Å². The van der Waals surface area contributed by atoms with Crippen molar-refractivity contribution in [3.05, 3.63) is 34.4 Å². The van der Waals surface area contributed by atoms with E-state index in [0.29, 0.717) is 5.56 Å². The highest BCUT2D eigenvalue weighted by atomic mass is 16.5. The summed E-state index contributed by atoms with van der Waals surface area (Å²) >= 11 is 0. The van der Waals surface area contributed by atoms with Crippen molar-refractivity contribution in [2.45, 2.75) is 25.9 Å². The maximum Gasteiger partial charge on any atom is 0.338 e. The molecule has 1 aliphatic carbocycles. The first-order valence-corrected chi connectivity index (χ1v) is 5.04. The van der Waals surface area contributed by atoms with Gasteiger partial charge in [-0.3, -0.25) is 0 Å². The molecule has 1 aromatic carbocycles. The van der Waals surface area contributed by atoms with Crippen molar-refractivity contribution in [1.29, 1.82) is 0 Å². The van der Waals surface area contributed by atoms with Gasteiger partial charge in [0.2, 0.25) is 0 Å². The number of esters is 1. The van der Waals surface area contributed by atoms with Gasteiger partial charge in [0, 0.05) is 0 Å². The molecule has 1 aliphatic rings. The highest BCUT2D eigenvalue weighted by molar-refractivity contribution is 5.91. The summed E-state index contributed by atoms with van der Waals surface area (Å²) in [6.45, 7) is 1.91. The Hall–Kier alpha value is -1.35. The van der Waals surface area contributed by atoms with Crippen LogP contribution in [0.15, 0.2) is 12.1 Å². The maximum absolute atomic E-state index is 11.4. The van der Waals surface area contributed by atoms with E-state index in [1.807, 2.05) is 13.0 Å². The van der Waals surface area contributed by atoms with Gasteiger partial charge in [-0.1, -0.05) is 6.07 Å². The van der Waals surface area contributed by atoms with Crippen LogP contribution in [0.4, 0.5) is 0 Å². The van der Waals surface area contributed by atoms with Crippen LogP contribution >= 0.6 is 0 Å². The molecule has 3 heteroatoms. The molecule has 0 heterocycles. The summed E-state index contributed by atoms with van der Waals surface area (Å²) in [4.78, 5) is 11.4. The van der Waals surface area contributed by atoms with Crippen LogP contribution in [0.25, 0.3) is 0 Å². The number of rotatable bonds is 1. The van der Waals surface area contributed by atoms with Crippen molar-refractivity contribution in [2.24, 2.45) is 0 Å². The largest absolute Gasteiger partial charge is 0.465 e. The fourth-order valence-corrected chi connectivity index (χ4v) is 2.19. The molecule has 15 heavy (non-hydrogen) atoms. The third-order valence-electron chi connectivity index (χ3n) is 3.07. The molecule has 1 unspecified atom stereocenters. The number of hydrogen-bond donors (Lipinski definition) is 1. The highest BCUT2D eigenvalue weighted by Crippen LogP contribution is 2.34. The number of carbonyl (C=O) groups excluding carboxylic acids is 1. The average molecular weight is 206 g/mol. The lowest BCUT2D eigenvalue weighted by molar-refractivity contribution is 0.0599. The molecule has 0 radical (unpaired) electrons. The van der Waals surface area contributed by atoms with Crippen molar-refractivity contribution >= 4 is 5.97 Å². The zero-order valence-electron chi connectivity index (χ0n) is 8.91. The van der Waals surface area contributed by atoms with Gasteiger partial charge in [0.05, 0.1) is 18.8 Å². The minimum atomic E-state index is -0.370. The molecule has 1 aromatic rings. The van der Waals surface area contributed by atoms with Gasteiger partial charge >= 0.3 is 5.97 Å². The van der Waals surface area contributed by atoms with Gasteiger partial charge in [0.1, 0.15) is 0 Å². The second kappa shape index (κ2) is 3.66. The maximum atomic E-state index is 11.4. The number of fused-ring (bicyclic) bond motifs is 1. The van der Waals surface area contributed by atoms with Gasteiger partial charge in [-0.2, -0.15) is 0 Å². The second-order valence-electron chi connectivity index (χ2n) is 3.85. The zero-order chi connectivity index (χ0) is 11.0. The smallest absolute Gasteiger partial charge is 0.338 e. The Kier molecular flexibility index (Phi) is 2.49. The van der Waals surface area contributed by atoms with Crippen LogP contribution in [-0.2, 0) is 11.2 Å². The van der Waals surface area contributed by atoms with Crippen LogP contribution in [0.2, 0.25) is 0 Å². The number of hydrogen-bond acceptors (Lipinski definition) is 3. The summed E-state index contributed by atoms with van der Waals surface area (Å²) in [6, 6.07) is 3.56. The van der Waals surface area contributed by atoms with Gasteiger partial charge in [0.25, 0.3) is 0 Å². The van der Waals surface area contributed by atoms with Crippen LogP contribution in [-0.4, -0.2) is 18.2 Å². The van der Waals surface area contributed by atoms with Crippen LogP contribution in [0.1, 0.15) is 39.6 Å². The summed E-state index contributed by atoms with van der Waals surface area (Å²) in [5.74, 6) is -0.309. The van der Waals surface area contributed by atoms with E-state index in [0.717, 1.165) is 29.5 Å². The van der Waals surface area contributed by atoms with E-state index in [2.05, 4.69) is 0 Å². The quantitative estimate of drug-likeness (QED) is 0.712. The molecule has 1 N–H and O–H groups in total. The zero-order valence-corrected chi connectivity index (χ0v) is 8.91. The van der Waals surface area contributed by atoms with Crippen molar-refractivity contribution in [3.8, 4) is 0 Å². The Morgan fingerprint density at radius 1 is 1.53 bits per heavy atom. The minimum absolute atomic E-state index is 0.309. The Bertz CT molecular complexity index is 410. The lowest BCUT2D eigenvalue weighted by Gasteiger charge is -2.10. The second-order valence-corrected chi connectivity index (χ2v) is 3.85. The Balaban J connectivity index is 2.51. The standard InChI is InChI=1S/C12H14O3/c1-7-8-5-6-11(13)10(8)4-3-9(7)12(14)15-2/h3-4,11,13H,5-6H2,1-2H3. The van der Waals surface area contributed by atoms with Crippen LogP contribution in [0.5, 0.6) is 0 Å². The summed E-state index contributed by atoms with van der Waals surface area (Å²) in [6.07, 6.45) is 1.22. The SMILES string of the molecule is COC(=O)c1ccc2c(c1C)CCC2O. The molecule has 1 atom stereocenters. The van der Waals surface area contributed by atoms with Crippen LogP contribution in [0, 0.1) is 6.92 Å². The van der Waals surface area contributed by atoms with Gasteiger partial charge < -0.3 is 9.84 Å². The molecule has 2 rings (SSSR count). The predicted molar refractivity (Wildman–Crippen MR) is 55.8 cm³/mol. The molecule has 0 aromatic heterocycles. The van der Waals surface area contributed by atoms with E-state index < -0.39 is 0 Å². The van der Waals surface area contributed by atoms with E-state index in [4.69, 9.17) is 4.74 Å². The molecular weight excluding hydrogens is 192 g/mol. The first-order chi connectivity index (χ1) is 7.15. The van der Waals surface area contributed by atoms with Crippen molar-refractivity contribution in [3.63, 3.8) is 0 Å².